The Labute approximate surface area is 163 Å². The van der Waals surface area contributed by atoms with Gasteiger partial charge in [0.2, 0.25) is 5.43 Å². The molecule has 29 heavy (non-hydrogen) atoms. The first-order valence-electron chi connectivity index (χ1n) is 8.87. The molecule has 2 heterocycles. The number of halogens is 2. The Bertz CT molecular complexity index is 1170. The van der Waals surface area contributed by atoms with Gasteiger partial charge in [0.15, 0.2) is 5.82 Å². The number of nitrogen functional groups attached to an aromatic ring is 1. The monoisotopic (exact) mass is 401 g/mol. The van der Waals surface area contributed by atoms with Gasteiger partial charge in [-0.1, -0.05) is 0 Å². The summed E-state index contributed by atoms with van der Waals surface area (Å²) in [6.07, 6.45) is 0.158. The molecule has 0 spiro atoms. The van der Waals surface area contributed by atoms with Crippen molar-refractivity contribution in [1.82, 2.24) is 9.88 Å². The minimum absolute atomic E-state index is 0.207. The van der Waals surface area contributed by atoms with Gasteiger partial charge in [-0.25, -0.2) is 13.6 Å². The summed E-state index contributed by atoms with van der Waals surface area (Å²) in [5.41, 5.74) is 4.41. The summed E-state index contributed by atoms with van der Waals surface area (Å²) in [5.74, 6) is -3.43. The van der Waals surface area contributed by atoms with E-state index in [0.29, 0.717) is 17.9 Å². The van der Waals surface area contributed by atoms with Crippen LogP contribution in [0.4, 0.5) is 14.5 Å². The predicted octanol–water partition coefficient (Wildman–Crippen LogP) is 2.21. The molecule has 150 valence electrons. The van der Waals surface area contributed by atoms with E-state index in [9.17, 15) is 19.1 Å². The number of fused-ring (bicyclic) bond motifs is 1. The Hall–Kier alpha value is -3.30. The second-order valence-electron chi connectivity index (χ2n) is 6.68. The number of morpholine rings is 1. The van der Waals surface area contributed by atoms with Crippen LogP contribution >= 0.6 is 0 Å². The highest BCUT2D eigenvalue weighted by Gasteiger charge is 2.28. The van der Waals surface area contributed by atoms with Crippen LogP contribution in [0.15, 0.2) is 41.3 Å². The molecule has 1 aromatic heterocycles. The van der Waals surface area contributed by atoms with Gasteiger partial charge >= 0.3 is 5.97 Å². The fraction of sp³-hybridized carbons (Fsp3) is 0.200. The van der Waals surface area contributed by atoms with Crippen LogP contribution in [-0.4, -0.2) is 35.3 Å². The lowest BCUT2D eigenvalue weighted by atomic mass is 10.0. The van der Waals surface area contributed by atoms with E-state index in [-0.39, 0.29) is 29.6 Å². The molecule has 4 N–H and O–H groups in total. The lowest BCUT2D eigenvalue weighted by Gasteiger charge is -2.25. The van der Waals surface area contributed by atoms with Gasteiger partial charge in [0.05, 0.1) is 23.1 Å². The molecule has 4 rings (SSSR count). The van der Waals surface area contributed by atoms with Crippen LogP contribution < -0.4 is 16.5 Å². The molecular formula is C20H17F2N3O4. The van der Waals surface area contributed by atoms with Crippen molar-refractivity contribution in [2.24, 2.45) is 0 Å². The summed E-state index contributed by atoms with van der Waals surface area (Å²) >= 11 is 0. The number of carboxylic acids is 1. The first-order valence-corrected chi connectivity index (χ1v) is 8.87. The number of carboxylic acid groups (broad SMARTS) is 1. The van der Waals surface area contributed by atoms with Crippen molar-refractivity contribution in [3.8, 4) is 5.69 Å². The summed E-state index contributed by atoms with van der Waals surface area (Å²) in [6, 6.07) is 7.07. The van der Waals surface area contributed by atoms with E-state index in [1.54, 1.807) is 24.3 Å². The number of aromatic carboxylic acids is 1. The van der Waals surface area contributed by atoms with Crippen LogP contribution in [0.25, 0.3) is 16.6 Å². The van der Waals surface area contributed by atoms with E-state index in [1.807, 2.05) is 0 Å². The molecule has 1 atom stereocenters. The Kier molecular flexibility index (Phi) is 4.77. The largest absolute Gasteiger partial charge is 0.477 e. The minimum Gasteiger partial charge on any atom is -0.477 e. The number of pyridine rings is 1. The maximum Gasteiger partial charge on any atom is 0.341 e. The van der Waals surface area contributed by atoms with Gasteiger partial charge in [0, 0.05) is 30.7 Å². The Balaban J connectivity index is 2.08. The summed E-state index contributed by atoms with van der Waals surface area (Å²) in [5, 5.41) is 12.0. The smallest absolute Gasteiger partial charge is 0.341 e. The van der Waals surface area contributed by atoms with Crippen LogP contribution in [0.1, 0.15) is 22.0 Å². The molecule has 2 aromatic carbocycles. The van der Waals surface area contributed by atoms with Gasteiger partial charge in [-0.15, -0.1) is 0 Å². The third-order valence-corrected chi connectivity index (χ3v) is 4.87. The summed E-state index contributed by atoms with van der Waals surface area (Å²) < 4.78 is 37.1. The molecule has 7 nitrogen and oxygen atoms in total. The molecule has 9 heteroatoms. The predicted molar refractivity (Wildman–Crippen MR) is 102 cm³/mol. The van der Waals surface area contributed by atoms with Gasteiger partial charge in [0.1, 0.15) is 17.5 Å². The van der Waals surface area contributed by atoms with E-state index in [0.717, 1.165) is 12.3 Å². The number of anilines is 1. The number of hydrogen-bond acceptors (Lipinski definition) is 5. The first-order chi connectivity index (χ1) is 13.9. The zero-order valence-electron chi connectivity index (χ0n) is 15.1. The number of benzene rings is 2. The van der Waals surface area contributed by atoms with Gasteiger partial charge in [-0.05, 0) is 30.3 Å². The molecular weight excluding hydrogens is 384 g/mol. The fourth-order valence-electron chi connectivity index (χ4n) is 3.47. The number of nitrogens with two attached hydrogens (primary N) is 1. The van der Waals surface area contributed by atoms with Crippen molar-refractivity contribution in [3.05, 3.63) is 69.5 Å². The second-order valence-corrected chi connectivity index (χ2v) is 6.68. The SMILES string of the molecule is Nc1ccc(-n2cc(C(=O)O)c(=O)c3cc(F)c(C4CNCCO4)c(F)c32)cc1. The number of rotatable bonds is 3. The maximum absolute atomic E-state index is 15.6. The number of aromatic nitrogens is 1. The van der Waals surface area contributed by atoms with Crippen molar-refractivity contribution in [2.45, 2.75) is 6.10 Å². The quantitative estimate of drug-likeness (QED) is 0.581. The highest BCUT2D eigenvalue weighted by atomic mass is 19.1. The van der Waals surface area contributed by atoms with Gasteiger partial charge in [-0.2, -0.15) is 0 Å². The van der Waals surface area contributed by atoms with Crippen molar-refractivity contribution in [3.63, 3.8) is 0 Å². The molecule has 3 aromatic rings. The summed E-state index contributed by atoms with van der Waals surface area (Å²) in [6.45, 7) is 1.05. The third kappa shape index (κ3) is 3.24. The molecule has 1 aliphatic rings. The lowest BCUT2D eigenvalue weighted by Crippen LogP contribution is -2.34. The highest BCUT2D eigenvalue weighted by Crippen LogP contribution is 2.31. The first kappa shape index (κ1) is 19.0. The zero-order chi connectivity index (χ0) is 20.7. The summed E-state index contributed by atoms with van der Waals surface area (Å²) in [4.78, 5) is 24.1. The maximum atomic E-state index is 15.6. The van der Waals surface area contributed by atoms with Crippen molar-refractivity contribution in [2.75, 3.05) is 25.4 Å². The fourth-order valence-corrected chi connectivity index (χ4v) is 3.47. The highest BCUT2D eigenvalue weighted by molar-refractivity contribution is 5.93. The minimum atomic E-state index is -1.49. The number of hydrogen-bond donors (Lipinski definition) is 3. The van der Waals surface area contributed by atoms with E-state index in [2.05, 4.69) is 5.32 Å². The van der Waals surface area contributed by atoms with E-state index in [4.69, 9.17) is 10.5 Å². The normalized spacial score (nSPS) is 16.8. The number of nitrogens with one attached hydrogen (secondary N) is 1. The van der Waals surface area contributed by atoms with Crippen molar-refractivity contribution in [1.29, 1.82) is 0 Å². The number of ether oxygens (including phenoxy) is 1. The molecule has 1 fully saturated rings. The van der Waals surface area contributed by atoms with E-state index >= 15 is 4.39 Å². The second kappa shape index (κ2) is 7.26. The molecule has 1 aliphatic heterocycles. The van der Waals surface area contributed by atoms with Crippen LogP contribution in [0.5, 0.6) is 0 Å². The van der Waals surface area contributed by atoms with E-state index in [1.165, 1.54) is 4.57 Å². The van der Waals surface area contributed by atoms with Crippen LogP contribution in [0.2, 0.25) is 0 Å². The van der Waals surface area contributed by atoms with Gasteiger partial charge in [0.25, 0.3) is 0 Å². The molecule has 0 aliphatic carbocycles. The van der Waals surface area contributed by atoms with E-state index < -0.39 is 34.7 Å². The van der Waals surface area contributed by atoms with Gasteiger partial charge in [-0.3, -0.25) is 4.79 Å². The Morgan fingerprint density at radius 3 is 2.62 bits per heavy atom. The molecule has 0 amide bonds. The molecule has 1 unspecified atom stereocenters. The zero-order valence-corrected chi connectivity index (χ0v) is 15.1. The van der Waals surface area contributed by atoms with Crippen LogP contribution in [0.3, 0.4) is 0 Å². The molecule has 0 bridgehead atoms. The van der Waals surface area contributed by atoms with Crippen molar-refractivity contribution < 1.29 is 23.4 Å². The summed E-state index contributed by atoms with van der Waals surface area (Å²) in [7, 11) is 0. The molecule has 0 saturated carbocycles. The number of nitrogens with zero attached hydrogens (tertiary/aromatic N) is 1. The average Bonchev–Trinajstić information content (AvgIpc) is 2.70. The lowest BCUT2D eigenvalue weighted by molar-refractivity contribution is 0.0234. The van der Waals surface area contributed by atoms with Crippen LogP contribution in [-0.2, 0) is 4.74 Å². The third-order valence-electron chi connectivity index (χ3n) is 4.87. The standard InChI is InChI=1S/C20H17F2N3O4/c21-14-7-12-18(17(22)16(14)15-8-24-5-6-29-15)25(9-13(19(12)26)20(27)28)11-3-1-10(23)2-4-11/h1-4,7,9,15,24H,5-6,8,23H2,(H,27,28). The number of carbonyl (C=O) groups is 1. The van der Waals surface area contributed by atoms with Crippen LogP contribution in [0, 0.1) is 11.6 Å². The average molecular weight is 401 g/mol. The topological polar surface area (TPSA) is 107 Å². The Morgan fingerprint density at radius 1 is 1.28 bits per heavy atom. The molecule has 0 radical (unpaired) electrons. The molecule has 1 saturated heterocycles. The Morgan fingerprint density at radius 2 is 2.00 bits per heavy atom. The van der Waals surface area contributed by atoms with Crippen molar-refractivity contribution >= 4 is 22.6 Å². The van der Waals surface area contributed by atoms with Gasteiger partial charge < -0.3 is 25.5 Å².